The number of benzene rings is 1. The van der Waals surface area contributed by atoms with Crippen molar-refractivity contribution in [2.75, 3.05) is 0 Å². The van der Waals surface area contributed by atoms with Gasteiger partial charge in [0.25, 0.3) is 5.91 Å². The first kappa shape index (κ1) is 13.1. The third-order valence-electron chi connectivity index (χ3n) is 2.97. The minimum atomic E-state index is -0.314. The highest BCUT2D eigenvalue weighted by molar-refractivity contribution is 5.93. The molecule has 0 spiro atoms. The van der Waals surface area contributed by atoms with Crippen LogP contribution in [-0.2, 0) is 6.54 Å². The van der Waals surface area contributed by atoms with Gasteiger partial charge in [-0.05, 0) is 42.5 Å². The van der Waals surface area contributed by atoms with E-state index >= 15 is 0 Å². The quantitative estimate of drug-likeness (QED) is 0.774. The fourth-order valence-corrected chi connectivity index (χ4v) is 1.88. The lowest BCUT2D eigenvalue weighted by molar-refractivity contribution is 0.0943. The van der Waals surface area contributed by atoms with Gasteiger partial charge in [-0.2, -0.15) is 5.10 Å². The smallest absolute Gasteiger partial charge is 0.269 e. The Hall–Kier alpha value is -2.89. The molecule has 0 atom stereocenters. The van der Waals surface area contributed by atoms with Crippen LogP contribution in [0.5, 0.6) is 0 Å². The first-order valence-corrected chi connectivity index (χ1v) is 6.34. The van der Waals surface area contributed by atoms with Crippen molar-refractivity contribution in [2.45, 2.75) is 6.54 Å². The van der Waals surface area contributed by atoms with Gasteiger partial charge in [0.05, 0.1) is 18.5 Å². The Bertz CT molecular complexity index is 733. The van der Waals surface area contributed by atoms with E-state index in [1.54, 1.807) is 36.6 Å². The molecule has 0 unspecified atom stereocenters. The van der Waals surface area contributed by atoms with Gasteiger partial charge >= 0.3 is 0 Å². The summed E-state index contributed by atoms with van der Waals surface area (Å²) < 4.78 is 18.0. The third kappa shape index (κ3) is 3.00. The van der Waals surface area contributed by atoms with Crippen molar-refractivity contribution in [2.24, 2.45) is 0 Å². The Balaban J connectivity index is 1.69. The molecule has 2 aromatic heterocycles. The number of nitrogens with zero attached hydrogens (tertiary/aromatic N) is 1. The second-order valence-corrected chi connectivity index (χ2v) is 4.44. The normalized spacial score (nSPS) is 10.5. The van der Waals surface area contributed by atoms with Gasteiger partial charge in [0.1, 0.15) is 17.3 Å². The standard InChI is InChI=1S/C15H12FN3O2/c16-11-5-3-10(4-6-11)13-8-14(19-18-13)15(20)17-9-12-2-1-7-21-12/h1-8H,9H2,(H,17,20)(H,18,19). The van der Waals surface area contributed by atoms with Crippen LogP contribution < -0.4 is 5.32 Å². The summed E-state index contributed by atoms with van der Waals surface area (Å²) >= 11 is 0. The monoisotopic (exact) mass is 285 g/mol. The largest absolute Gasteiger partial charge is 0.467 e. The SMILES string of the molecule is O=C(NCc1ccco1)c1cc(-c2ccc(F)cc2)n[nH]1. The summed E-state index contributed by atoms with van der Waals surface area (Å²) in [4.78, 5) is 12.0. The van der Waals surface area contributed by atoms with Gasteiger partial charge in [-0.1, -0.05) is 0 Å². The fourth-order valence-electron chi connectivity index (χ4n) is 1.88. The Morgan fingerprint density at radius 1 is 1.29 bits per heavy atom. The number of furan rings is 1. The minimum Gasteiger partial charge on any atom is -0.467 e. The molecule has 1 amide bonds. The van der Waals surface area contributed by atoms with Crippen molar-refractivity contribution in [3.8, 4) is 11.3 Å². The Labute approximate surface area is 119 Å². The van der Waals surface area contributed by atoms with Gasteiger partial charge in [0, 0.05) is 5.56 Å². The van der Waals surface area contributed by atoms with E-state index in [9.17, 15) is 9.18 Å². The van der Waals surface area contributed by atoms with E-state index in [2.05, 4.69) is 15.5 Å². The predicted molar refractivity (Wildman–Crippen MR) is 73.9 cm³/mol. The van der Waals surface area contributed by atoms with Gasteiger partial charge in [0.2, 0.25) is 0 Å². The fraction of sp³-hybridized carbons (Fsp3) is 0.0667. The molecule has 21 heavy (non-hydrogen) atoms. The number of aromatic nitrogens is 2. The molecular weight excluding hydrogens is 273 g/mol. The Kier molecular flexibility index (Phi) is 3.51. The molecule has 3 aromatic rings. The lowest BCUT2D eigenvalue weighted by Gasteiger charge is -1.99. The zero-order valence-corrected chi connectivity index (χ0v) is 11.0. The molecule has 1 aromatic carbocycles. The summed E-state index contributed by atoms with van der Waals surface area (Å²) in [6, 6.07) is 11.1. The molecule has 3 rings (SSSR count). The van der Waals surface area contributed by atoms with E-state index in [0.29, 0.717) is 23.7 Å². The van der Waals surface area contributed by atoms with Crippen molar-refractivity contribution < 1.29 is 13.6 Å². The molecular formula is C15H12FN3O2. The maximum Gasteiger partial charge on any atom is 0.269 e. The molecule has 0 aliphatic carbocycles. The molecule has 0 fully saturated rings. The molecule has 6 heteroatoms. The van der Waals surface area contributed by atoms with Crippen LogP contribution in [0, 0.1) is 5.82 Å². The van der Waals surface area contributed by atoms with E-state index in [1.165, 1.54) is 12.1 Å². The van der Waals surface area contributed by atoms with Crippen molar-refractivity contribution in [3.63, 3.8) is 0 Å². The summed E-state index contributed by atoms with van der Waals surface area (Å²) in [5.74, 6) is 0.0691. The van der Waals surface area contributed by atoms with Crippen LogP contribution in [-0.4, -0.2) is 16.1 Å². The molecule has 106 valence electrons. The molecule has 2 N–H and O–H groups in total. The van der Waals surface area contributed by atoms with Crippen LogP contribution in [0.1, 0.15) is 16.2 Å². The van der Waals surface area contributed by atoms with E-state index in [-0.39, 0.29) is 11.7 Å². The van der Waals surface area contributed by atoms with Crippen molar-refractivity contribution in [3.05, 3.63) is 66.0 Å². The van der Waals surface area contributed by atoms with E-state index in [1.807, 2.05) is 0 Å². The van der Waals surface area contributed by atoms with Gasteiger partial charge < -0.3 is 9.73 Å². The van der Waals surface area contributed by atoms with Gasteiger partial charge in [-0.15, -0.1) is 0 Å². The number of rotatable bonds is 4. The van der Waals surface area contributed by atoms with Crippen molar-refractivity contribution in [1.29, 1.82) is 0 Å². The number of halogens is 1. The summed E-state index contributed by atoms with van der Waals surface area (Å²) in [5, 5.41) is 9.42. The van der Waals surface area contributed by atoms with E-state index in [0.717, 1.165) is 5.56 Å². The first-order valence-electron chi connectivity index (χ1n) is 6.34. The maximum absolute atomic E-state index is 12.9. The zero-order valence-electron chi connectivity index (χ0n) is 11.0. The molecule has 2 heterocycles. The molecule has 0 radical (unpaired) electrons. The van der Waals surface area contributed by atoms with Crippen molar-refractivity contribution in [1.82, 2.24) is 15.5 Å². The van der Waals surface area contributed by atoms with Gasteiger partial charge in [-0.3, -0.25) is 9.89 Å². The van der Waals surface area contributed by atoms with Crippen LogP contribution in [0.25, 0.3) is 11.3 Å². The molecule has 0 saturated heterocycles. The van der Waals surface area contributed by atoms with Crippen LogP contribution in [0.4, 0.5) is 4.39 Å². The molecule has 0 bridgehead atoms. The second kappa shape index (κ2) is 5.62. The van der Waals surface area contributed by atoms with Gasteiger partial charge in [0.15, 0.2) is 0 Å². The molecule has 0 aliphatic rings. The van der Waals surface area contributed by atoms with Crippen LogP contribution in [0.15, 0.2) is 53.1 Å². The lowest BCUT2D eigenvalue weighted by atomic mass is 10.1. The molecule has 5 nitrogen and oxygen atoms in total. The highest BCUT2D eigenvalue weighted by atomic mass is 19.1. The highest BCUT2D eigenvalue weighted by Gasteiger charge is 2.11. The average molecular weight is 285 g/mol. The molecule has 0 saturated carbocycles. The van der Waals surface area contributed by atoms with Gasteiger partial charge in [-0.25, -0.2) is 4.39 Å². The number of amides is 1. The number of H-pyrrole nitrogens is 1. The van der Waals surface area contributed by atoms with Crippen LogP contribution in [0.3, 0.4) is 0 Å². The molecule has 0 aliphatic heterocycles. The highest BCUT2D eigenvalue weighted by Crippen LogP contribution is 2.18. The Morgan fingerprint density at radius 2 is 2.10 bits per heavy atom. The van der Waals surface area contributed by atoms with E-state index < -0.39 is 0 Å². The summed E-state index contributed by atoms with van der Waals surface area (Å²) in [6.45, 7) is 0.302. The predicted octanol–water partition coefficient (Wildman–Crippen LogP) is 2.74. The first-order chi connectivity index (χ1) is 10.2. The summed E-state index contributed by atoms with van der Waals surface area (Å²) in [7, 11) is 0. The van der Waals surface area contributed by atoms with Crippen molar-refractivity contribution >= 4 is 5.91 Å². The lowest BCUT2D eigenvalue weighted by Crippen LogP contribution is -2.22. The third-order valence-corrected chi connectivity index (χ3v) is 2.97. The Morgan fingerprint density at radius 3 is 2.81 bits per heavy atom. The number of nitrogens with one attached hydrogen (secondary N) is 2. The minimum absolute atomic E-state index is 0.285. The van der Waals surface area contributed by atoms with Crippen LogP contribution in [0.2, 0.25) is 0 Å². The summed E-state index contributed by atoms with van der Waals surface area (Å²) in [5.41, 5.74) is 1.65. The maximum atomic E-state index is 12.9. The topological polar surface area (TPSA) is 70.9 Å². The number of carbonyl (C=O) groups excluding carboxylic acids is 1. The number of carbonyl (C=O) groups is 1. The average Bonchev–Trinajstić information content (AvgIpc) is 3.17. The second-order valence-electron chi connectivity index (χ2n) is 4.44. The number of hydrogen-bond acceptors (Lipinski definition) is 3. The van der Waals surface area contributed by atoms with E-state index in [4.69, 9.17) is 4.42 Å². The zero-order chi connectivity index (χ0) is 14.7. The number of aromatic amines is 1. The number of hydrogen-bond donors (Lipinski definition) is 2. The summed E-state index contributed by atoms with van der Waals surface area (Å²) in [6.07, 6.45) is 1.55. The van der Waals surface area contributed by atoms with Crippen LogP contribution >= 0.6 is 0 Å².